The molecule has 0 heterocycles. The minimum Gasteiger partial charge on any atom is -0.465 e. The van der Waals surface area contributed by atoms with Gasteiger partial charge in [0.25, 0.3) is 0 Å². The molecule has 0 bridgehead atoms. The van der Waals surface area contributed by atoms with Crippen molar-refractivity contribution >= 4 is 17.6 Å². The van der Waals surface area contributed by atoms with Crippen molar-refractivity contribution in [1.82, 2.24) is 5.32 Å². The fourth-order valence-electron chi connectivity index (χ4n) is 1.45. The highest BCUT2D eigenvalue weighted by Gasteiger charge is 2.16. The van der Waals surface area contributed by atoms with E-state index in [9.17, 15) is 14.0 Å². The number of methoxy groups -OCH3 is 1. The maximum atomic E-state index is 13.2. The first-order chi connectivity index (χ1) is 9.23. The largest absolute Gasteiger partial charge is 0.465 e. The van der Waals surface area contributed by atoms with Crippen molar-refractivity contribution in [3.63, 3.8) is 0 Å². The predicted molar refractivity (Wildman–Crippen MR) is 74.1 cm³/mol. The third kappa shape index (κ3) is 4.97. The van der Waals surface area contributed by atoms with E-state index in [-0.39, 0.29) is 29.2 Å². The second kappa shape index (κ2) is 6.47. The molecular formula is C14H19FN2O3. The third-order valence-corrected chi connectivity index (χ3v) is 2.44. The van der Waals surface area contributed by atoms with Crippen LogP contribution >= 0.6 is 0 Å². The molecule has 0 unspecified atom stereocenters. The zero-order valence-electron chi connectivity index (χ0n) is 12.0. The Morgan fingerprint density at radius 3 is 2.50 bits per heavy atom. The second-order valence-electron chi connectivity index (χ2n) is 5.33. The van der Waals surface area contributed by atoms with Crippen LogP contribution in [0.1, 0.15) is 31.1 Å². The van der Waals surface area contributed by atoms with E-state index in [4.69, 9.17) is 0 Å². The van der Waals surface area contributed by atoms with E-state index in [1.54, 1.807) is 0 Å². The van der Waals surface area contributed by atoms with Crippen LogP contribution in [0.15, 0.2) is 18.2 Å². The first-order valence-electron chi connectivity index (χ1n) is 6.15. The maximum Gasteiger partial charge on any atom is 0.339 e. The zero-order valence-corrected chi connectivity index (χ0v) is 12.0. The molecule has 0 radical (unpaired) electrons. The summed E-state index contributed by atoms with van der Waals surface area (Å²) in [5.41, 5.74) is -0.0136. The number of carbonyl (C=O) groups is 2. The topological polar surface area (TPSA) is 67.4 Å². The second-order valence-corrected chi connectivity index (χ2v) is 5.33. The van der Waals surface area contributed by atoms with Crippen LogP contribution in [0.4, 0.5) is 10.1 Å². The number of esters is 1. The predicted octanol–water partition coefficient (Wildman–Crippen LogP) is 1.94. The molecule has 0 atom stereocenters. The standard InChI is InChI=1S/C14H19FN2O3/c1-14(2,3)16-8-12(18)17-11-7-9(15)5-6-10(11)13(19)20-4/h5-7,16H,8H2,1-4H3,(H,17,18). The van der Waals surface area contributed by atoms with E-state index < -0.39 is 11.8 Å². The molecule has 2 N–H and O–H groups in total. The molecule has 6 heteroatoms. The number of anilines is 1. The van der Waals surface area contributed by atoms with E-state index in [0.717, 1.165) is 12.1 Å². The highest BCUT2D eigenvalue weighted by Crippen LogP contribution is 2.18. The lowest BCUT2D eigenvalue weighted by molar-refractivity contribution is -0.115. The molecular weight excluding hydrogens is 263 g/mol. The van der Waals surface area contributed by atoms with E-state index in [2.05, 4.69) is 15.4 Å². The van der Waals surface area contributed by atoms with Gasteiger partial charge in [-0.2, -0.15) is 0 Å². The van der Waals surface area contributed by atoms with Crippen molar-refractivity contribution < 1.29 is 18.7 Å². The molecule has 0 spiro atoms. The Balaban J connectivity index is 2.83. The Labute approximate surface area is 117 Å². The molecule has 0 saturated heterocycles. The molecule has 0 saturated carbocycles. The first kappa shape index (κ1) is 16.1. The van der Waals surface area contributed by atoms with Crippen molar-refractivity contribution in [3.05, 3.63) is 29.6 Å². The summed E-state index contributed by atoms with van der Waals surface area (Å²) < 4.78 is 17.8. The van der Waals surface area contributed by atoms with Crippen LogP contribution in [-0.2, 0) is 9.53 Å². The lowest BCUT2D eigenvalue weighted by atomic mass is 10.1. The number of amides is 1. The van der Waals surface area contributed by atoms with Gasteiger partial charge in [-0.15, -0.1) is 0 Å². The Hall–Kier alpha value is -1.95. The van der Waals surface area contributed by atoms with Gasteiger partial charge < -0.3 is 15.4 Å². The highest BCUT2D eigenvalue weighted by atomic mass is 19.1. The molecule has 0 aliphatic carbocycles. The van der Waals surface area contributed by atoms with Crippen LogP contribution in [0.25, 0.3) is 0 Å². The fraction of sp³-hybridized carbons (Fsp3) is 0.429. The Bertz CT molecular complexity index is 510. The summed E-state index contributed by atoms with van der Waals surface area (Å²) in [5.74, 6) is -1.54. The summed E-state index contributed by atoms with van der Waals surface area (Å²) in [6, 6.07) is 3.49. The van der Waals surface area contributed by atoms with Gasteiger partial charge in [-0.3, -0.25) is 4.79 Å². The summed E-state index contributed by atoms with van der Waals surface area (Å²) in [5, 5.41) is 5.49. The Morgan fingerprint density at radius 1 is 1.30 bits per heavy atom. The molecule has 1 amide bonds. The van der Waals surface area contributed by atoms with Crippen molar-refractivity contribution in [1.29, 1.82) is 0 Å². The van der Waals surface area contributed by atoms with Crippen LogP contribution in [0.3, 0.4) is 0 Å². The average molecular weight is 282 g/mol. The normalized spacial score (nSPS) is 11.1. The van der Waals surface area contributed by atoms with Gasteiger partial charge >= 0.3 is 5.97 Å². The molecule has 110 valence electrons. The number of benzene rings is 1. The van der Waals surface area contributed by atoms with Crippen LogP contribution in [-0.4, -0.2) is 31.1 Å². The first-order valence-corrected chi connectivity index (χ1v) is 6.15. The van der Waals surface area contributed by atoms with Gasteiger partial charge in [0.05, 0.1) is 24.9 Å². The third-order valence-electron chi connectivity index (χ3n) is 2.44. The van der Waals surface area contributed by atoms with Gasteiger partial charge in [-0.05, 0) is 39.0 Å². The molecule has 0 aromatic heterocycles. The van der Waals surface area contributed by atoms with Crippen LogP contribution < -0.4 is 10.6 Å². The lowest BCUT2D eigenvalue weighted by Gasteiger charge is -2.20. The van der Waals surface area contributed by atoms with Crippen LogP contribution in [0, 0.1) is 5.82 Å². The van der Waals surface area contributed by atoms with Gasteiger partial charge in [0.1, 0.15) is 5.82 Å². The minimum absolute atomic E-state index is 0.0562. The van der Waals surface area contributed by atoms with Crippen LogP contribution in [0.5, 0.6) is 0 Å². The molecule has 1 aromatic carbocycles. The lowest BCUT2D eigenvalue weighted by Crippen LogP contribution is -2.41. The van der Waals surface area contributed by atoms with Crippen molar-refractivity contribution in [2.45, 2.75) is 26.3 Å². The molecule has 5 nitrogen and oxygen atoms in total. The van der Waals surface area contributed by atoms with Gasteiger partial charge in [-0.25, -0.2) is 9.18 Å². The monoisotopic (exact) mass is 282 g/mol. The van der Waals surface area contributed by atoms with E-state index in [0.29, 0.717) is 0 Å². The smallest absolute Gasteiger partial charge is 0.339 e. The van der Waals surface area contributed by atoms with E-state index in [1.807, 2.05) is 20.8 Å². The fourth-order valence-corrected chi connectivity index (χ4v) is 1.45. The highest BCUT2D eigenvalue weighted by molar-refractivity contribution is 6.01. The maximum absolute atomic E-state index is 13.2. The van der Waals surface area contributed by atoms with E-state index in [1.165, 1.54) is 13.2 Å². The Kier molecular flexibility index (Phi) is 5.21. The zero-order chi connectivity index (χ0) is 15.3. The number of nitrogens with one attached hydrogen (secondary N) is 2. The summed E-state index contributed by atoms with van der Waals surface area (Å²) >= 11 is 0. The number of ether oxygens (including phenoxy) is 1. The molecule has 1 rings (SSSR count). The summed E-state index contributed by atoms with van der Waals surface area (Å²) in [4.78, 5) is 23.3. The van der Waals surface area contributed by atoms with Crippen molar-refractivity contribution in [2.75, 3.05) is 19.0 Å². The number of hydrogen-bond acceptors (Lipinski definition) is 4. The molecule has 0 aliphatic heterocycles. The number of carbonyl (C=O) groups excluding carboxylic acids is 2. The van der Waals surface area contributed by atoms with Crippen LogP contribution in [0.2, 0.25) is 0 Å². The van der Waals surface area contributed by atoms with Crippen molar-refractivity contribution in [2.24, 2.45) is 0 Å². The quantitative estimate of drug-likeness (QED) is 0.828. The number of hydrogen-bond donors (Lipinski definition) is 2. The molecule has 0 aliphatic rings. The molecule has 1 aromatic rings. The summed E-state index contributed by atoms with van der Waals surface area (Å²) in [7, 11) is 1.22. The average Bonchev–Trinajstić information content (AvgIpc) is 2.35. The molecule has 0 fully saturated rings. The number of rotatable bonds is 4. The van der Waals surface area contributed by atoms with Gasteiger partial charge in [0, 0.05) is 5.54 Å². The van der Waals surface area contributed by atoms with Gasteiger partial charge in [-0.1, -0.05) is 0 Å². The van der Waals surface area contributed by atoms with E-state index >= 15 is 0 Å². The number of halogens is 1. The SMILES string of the molecule is COC(=O)c1ccc(F)cc1NC(=O)CNC(C)(C)C. The molecule has 20 heavy (non-hydrogen) atoms. The van der Waals surface area contributed by atoms with Crippen molar-refractivity contribution in [3.8, 4) is 0 Å². The van der Waals surface area contributed by atoms with Gasteiger partial charge in [0.2, 0.25) is 5.91 Å². The summed E-state index contributed by atoms with van der Waals surface area (Å²) in [6.07, 6.45) is 0. The summed E-state index contributed by atoms with van der Waals surface area (Å²) in [6.45, 7) is 5.81. The Morgan fingerprint density at radius 2 is 1.95 bits per heavy atom. The van der Waals surface area contributed by atoms with Gasteiger partial charge in [0.15, 0.2) is 0 Å². The minimum atomic E-state index is -0.635.